The van der Waals surface area contributed by atoms with Crippen LogP contribution in [0.15, 0.2) is 25.3 Å². The minimum Gasteiger partial charge on any atom is -0.481 e. The Morgan fingerprint density at radius 3 is 2.24 bits per heavy atom. The molecule has 0 amide bonds. The lowest BCUT2D eigenvalue weighted by molar-refractivity contribution is -0.225. The lowest BCUT2D eigenvalue weighted by Crippen LogP contribution is -2.68. The van der Waals surface area contributed by atoms with Crippen molar-refractivity contribution in [3.63, 3.8) is 0 Å². The van der Waals surface area contributed by atoms with Crippen LogP contribution in [-0.4, -0.2) is 40.9 Å². The molecule has 1 unspecified atom stereocenters. The molecule has 282 valence electrons. The number of fused-ring (bicyclic) bond motifs is 7. The first-order valence-corrected chi connectivity index (χ1v) is 18.8. The molecule has 11 atom stereocenters. The molecule has 1 aromatic heterocycles. The van der Waals surface area contributed by atoms with Gasteiger partial charge in [0.25, 0.3) is 0 Å². The van der Waals surface area contributed by atoms with E-state index >= 15 is 0 Å². The summed E-state index contributed by atoms with van der Waals surface area (Å²) in [5.41, 5.74) is 3.60. The average Bonchev–Trinajstić information content (AvgIpc) is 3.38. The molecule has 0 bridgehead atoms. The van der Waals surface area contributed by atoms with Gasteiger partial charge in [-0.05, 0) is 124 Å². The van der Waals surface area contributed by atoms with Gasteiger partial charge in [0, 0.05) is 5.92 Å². The second-order valence-corrected chi connectivity index (χ2v) is 18.6. The normalized spacial score (nSPS) is 42.4. The molecule has 0 aromatic carbocycles. The molecule has 5 aliphatic carbocycles. The van der Waals surface area contributed by atoms with Crippen LogP contribution in [0.2, 0.25) is 0 Å². The van der Waals surface area contributed by atoms with Crippen molar-refractivity contribution in [1.82, 2.24) is 0 Å². The van der Waals surface area contributed by atoms with Crippen LogP contribution < -0.4 is 11.6 Å². The Hall–Kier alpha value is -3.21. The quantitative estimate of drug-likeness (QED) is 0.294. The van der Waals surface area contributed by atoms with E-state index < -0.39 is 69.4 Å². The second kappa shape index (κ2) is 12.2. The molecule has 0 spiro atoms. The number of hydrogen-bond donors (Lipinski definition) is 2. The number of carbonyl (C=O) groups is 4. The van der Waals surface area contributed by atoms with Crippen molar-refractivity contribution in [2.45, 2.75) is 139 Å². The van der Waals surface area contributed by atoms with E-state index in [2.05, 4.69) is 27.7 Å². The Balaban J connectivity index is 1.40. The zero-order valence-corrected chi connectivity index (χ0v) is 31.8. The third-order valence-corrected chi connectivity index (χ3v) is 15.6. The Bertz CT molecular complexity index is 1720. The van der Waals surface area contributed by atoms with Gasteiger partial charge in [-0.3, -0.25) is 19.2 Å². The highest BCUT2D eigenvalue weighted by Crippen LogP contribution is 2.75. The molecule has 5 aliphatic rings. The van der Waals surface area contributed by atoms with Gasteiger partial charge < -0.3 is 29.1 Å². The monoisotopic (exact) mass is 711 g/mol. The van der Waals surface area contributed by atoms with Crippen LogP contribution in [0.1, 0.15) is 125 Å². The van der Waals surface area contributed by atoms with Crippen molar-refractivity contribution < 1.29 is 42.6 Å². The number of rotatable bonds is 7. The van der Waals surface area contributed by atoms with Gasteiger partial charge >= 0.3 is 23.7 Å². The van der Waals surface area contributed by atoms with Gasteiger partial charge in [-0.15, -0.1) is 0 Å². The summed E-state index contributed by atoms with van der Waals surface area (Å²) in [7, 11) is 0. The van der Waals surface area contributed by atoms with Crippen LogP contribution in [0.4, 0.5) is 0 Å². The van der Waals surface area contributed by atoms with Crippen LogP contribution in [0.5, 0.6) is 0 Å². The lowest BCUT2D eigenvalue weighted by atomic mass is 9.33. The molecule has 11 nitrogen and oxygen atoms in total. The highest BCUT2D eigenvalue weighted by Gasteiger charge is 2.72. The van der Waals surface area contributed by atoms with Crippen LogP contribution >= 0.6 is 0 Å². The molecule has 0 saturated heterocycles. The number of hydrogen-bond acceptors (Lipinski definition) is 10. The number of ketones is 1. The maximum absolute atomic E-state index is 14.9. The number of carboxylic acid groups (broad SMARTS) is 1. The zero-order chi connectivity index (χ0) is 37.7. The highest BCUT2D eigenvalue weighted by molar-refractivity contribution is 5.96. The number of aliphatic carboxylic acids is 1. The molecule has 4 fully saturated rings. The molecular formula is C40H57NO10. The predicted molar refractivity (Wildman–Crippen MR) is 186 cm³/mol. The Morgan fingerprint density at radius 1 is 0.961 bits per heavy atom. The summed E-state index contributed by atoms with van der Waals surface area (Å²) >= 11 is 0. The fourth-order valence-electron chi connectivity index (χ4n) is 11.8. The molecule has 0 radical (unpaired) electrons. The first-order valence-electron chi connectivity index (χ1n) is 18.8. The summed E-state index contributed by atoms with van der Waals surface area (Å²) in [5, 5.41) is 10.2. The number of allylic oxidation sites excluding steroid dienone is 2. The van der Waals surface area contributed by atoms with E-state index in [-0.39, 0.29) is 46.6 Å². The molecule has 6 rings (SSSR count). The molecule has 3 N–H and O–H groups in total. The highest BCUT2D eigenvalue weighted by atomic mass is 16.6. The third-order valence-electron chi connectivity index (χ3n) is 15.6. The number of aryl methyl sites for hydroxylation is 1. The van der Waals surface area contributed by atoms with E-state index in [0.29, 0.717) is 38.5 Å². The number of nitrogens with two attached hydrogens (primary N) is 1. The molecule has 1 heterocycles. The number of carbonyl (C=O) groups excluding carboxylic acids is 3. The minimum atomic E-state index is -1.35. The number of ether oxygens (including phenoxy) is 2. The Morgan fingerprint density at radius 2 is 1.63 bits per heavy atom. The molecule has 51 heavy (non-hydrogen) atoms. The van der Waals surface area contributed by atoms with Crippen molar-refractivity contribution in [3.05, 3.63) is 33.8 Å². The Labute approximate surface area is 300 Å². The van der Waals surface area contributed by atoms with Crippen molar-refractivity contribution in [3.8, 4) is 0 Å². The maximum atomic E-state index is 14.9. The maximum Gasteiger partial charge on any atom is 0.519 e. The van der Waals surface area contributed by atoms with E-state index in [1.807, 2.05) is 26.8 Å². The largest absolute Gasteiger partial charge is 0.519 e. The number of carboxylic acids is 1. The van der Waals surface area contributed by atoms with E-state index in [9.17, 15) is 29.1 Å². The number of esters is 2. The van der Waals surface area contributed by atoms with Crippen molar-refractivity contribution in [2.75, 3.05) is 0 Å². The van der Waals surface area contributed by atoms with Gasteiger partial charge in [0.2, 0.25) is 0 Å². The first kappa shape index (κ1) is 37.5. The van der Waals surface area contributed by atoms with E-state index in [1.165, 1.54) is 0 Å². The van der Waals surface area contributed by atoms with Crippen LogP contribution in [0.25, 0.3) is 0 Å². The van der Waals surface area contributed by atoms with Crippen molar-refractivity contribution in [2.24, 2.45) is 61.9 Å². The van der Waals surface area contributed by atoms with Crippen molar-refractivity contribution in [1.29, 1.82) is 0 Å². The predicted octanol–water partition coefficient (Wildman–Crippen LogP) is 6.52. The molecular weight excluding hydrogens is 654 g/mol. The summed E-state index contributed by atoms with van der Waals surface area (Å²) < 4.78 is 22.1. The molecule has 11 heteroatoms. The fraction of sp³-hybridized carbons (Fsp3) is 0.775. The summed E-state index contributed by atoms with van der Waals surface area (Å²) in [6.07, 6.45) is 6.96. The first-order chi connectivity index (χ1) is 23.6. The minimum absolute atomic E-state index is 0.00894. The van der Waals surface area contributed by atoms with E-state index in [0.717, 1.165) is 24.8 Å². The van der Waals surface area contributed by atoms with Crippen molar-refractivity contribution >= 4 is 23.7 Å². The van der Waals surface area contributed by atoms with Gasteiger partial charge in [-0.2, -0.15) is 0 Å². The van der Waals surface area contributed by atoms with Crippen LogP contribution in [-0.2, 0) is 35.3 Å². The lowest BCUT2D eigenvalue weighted by Gasteiger charge is -2.70. The smallest absolute Gasteiger partial charge is 0.481 e. The van der Waals surface area contributed by atoms with Gasteiger partial charge in [0.1, 0.15) is 17.6 Å². The third kappa shape index (κ3) is 5.40. The van der Waals surface area contributed by atoms with Crippen LogP contribution in [0, 0.1) is 63.1 Å². The summed E-state index contributed by atoms with van der Waals surface area (Å²) in [4.78, 5) is 66.9. The summed E-state index contributed by atoms with van der Waals surface area (Å²) in [6, 6.07) is -0.876. The molecule has 4 saturated carbocycles. The standard InChI is InChI=1S/C40H57NO10/c1-21(2)29(41)31(43)51-28-11-12-37(6)27(40(28,9)33(46)48-20-26-22(3)49-34(47)50-26)10-13-39(8)30(37)25(42)18-23-24-19-36(5,32(44)45)15-14-35(24,4)16-17-38(23,39)7/h18,21,24,27-30H,10-17,19-20,41H2,1-9H3,(H,44,45)/t24-,27+,28-,29?,30+,35+,36-,37-,38+,39+,40-/m0/s1. The van der Waals surface area contributed by atoms with Gasteiger partial charge in [0.15, 0.2) is 23.9 Å². The Kier molecular flexibility index (Phi) is 8.96. The second-order valence-electron chi connectivity index (χ2n) is 18.6. The zero-order valence-electron chi connectivity index (χ0n) is 31.8. The summed E-state index contributed by atoms with van der Waals surface area (Å²) in [5.74, 6) is -3.52. The van der Waals surface area contributed by atoms with Gasteiger partial charge in [-0.1, -0.05) is 47.1 Å². The van der Waals surface area contributed by atoms with E-state index in [4.69, 9.17) is 24.0 Å². The van der Waals surface area contributed by atoms with Gasteiger partial charge in [0.05, 0.1) is 5.41 Å². The molecule has 0 aliphatic heterocycles. The summed E-state index contributed by atoms with van der Waals surface area (Å²) in [6.45, 7) is 17.5. The fourth-order valence-corrected chi connectivity index (χ4v) is 11.8. The molecule has 1 aromatic rings. The topological polar surface area (TPSA) is 176 Å². The van der Waals surface area contributed by atoms with Crippen LogP contribution in [0.3, 0.4) is 0 Å². The SMILES string of the molecule is Cc1oc(=O)oc1COC(=O)[C@]1(C)[C@@H](OC(=O)C(N)C(C)C)CC[C@@]2(C)[C@H]1CC[C@]1(C)[C@@H]2C(=O)C=C2[C@@H]3C[C@@](C)(C(=O)O)CC[C@]3(C)CC[C@]21C. The average molecular weight is 712 g/mol. The van der Waals surface area contributed by atoms with E-state index in [1.54, 1.807) is 13.8 Å². The van der Waals surface area contributed by atoms with Gasteiger partial charge in [-0.25, -0.2) is 4.79 Å².